The van der Waals surface area contributed by atoms with Crippen molar-refractivity contribution in [2.24, 2.45) is 0 Å². The van der Waals surface area contributed by atoms with Gasteiger partial charge in [0.1, 0.15) is 0 Å². The van der Waals surface area contributed by atoms with Gasteiger partial charge in [-0.2, -0.15) is 0 Å². The largest absolute Gasteiger partial charge is 0.476 e. The molecule has 4 nitrogen and oxygen atoms in total. The summed E-state index contributed by atoms with van der Waals surface area (Å²) in [5.74, 6) is -0.978. The number of carboxylic acid groups (broad SMARTS) is 1. The quantitative estimate of drug-likeness (QED) is 0.584. The second-order valence-corrected chi connectivity index (χ2v) is 6.83. The molecule has 0 spiro atoms. The van der Waals surface area contributed by atoms with Gasteiger partial charge in [0.05, 0.1) is 16.2 Å². The lowest BCUT2D eigenvalue weighted by atomic mass is 10.2. The van der Waals surface area contributed by atoms with Gasteiger partial charge >= 0.3 is 5.97 Å². The molecule has 0 bridgehead atoms. The number of benzene rings is 2. The summed E-state index contributed by atoms with van der Waals surface area (Å²) in [5, 5.41) is 11.3. The lowest BCUT2D eigenvalue weighted by Gasteiger charge is -2.22. The van der Waals surface area contributed by atoms with E-state index in [2.05, 4.69) is 15.9 Å². The Hall–Kier alpha value is -1.98. The number of carboxylic acids is 1. The lowest BCUT2D eigenvalue weighted by Crippen LogP contribution is -2.24. The van der Waals surface area contributed by atoms with Crippen LogP contribution in [-0.4, -0.2) is 28.7 Å². The zero-order valence-electron chi connectivity index (χ0n) is 14.0. The van der Waals surface area contributed by atoms with E-state index >= 15 is 0 Å². The number of halogens is 2. The van der Waals surface area contributed by atoms with Crippen LogP contribution in [-0.2, 0) is 0 Å². The predicted molar refractivity (Wildman–Crippen MR) is 107 cm³/mol. The fourth-order valence-electron chi connectivity index (χ4n) is 3.19. The Bertz CT molecular complexity index is 934. The Kier molecular flexibility index (Phi) is 5.06. The Morgan fingerprint density at radius 2 is 1.80 bits per heavy atom. The second-order valence-electron chi connectivity index (χ2n) is 5.60. The molecule has 25 heavy (non-hydrogen) atoms. The molecular weight excluding hydrogens is 404 g/mol. The third-order valence-corrected chi connectivity index (χ3v) is 5.58. The number of nitrogens with zero attached hydrogens (tertiary/aromatic N) is 2. The van der Waals surface area contributed by atoms with E-state index in [1.165, 1.54) is 0 Å². The number of hydrogen-bond donors (Lipinski definition) is 1. The first-order valence-corrected chi connectivity index (χ1v) is 9.24. The van der Waals surface area contributed by atoms with Crippen molar-refractivity contribution in [2.75, 3.05) is 18.0 Å². The molecule has 1 aromatic heterocycles. The number of anilines is 1. The standard InChI is InChI=1S/C19H18BrClN2O2/c1-3-22(4-2)17-15-14(11-10-13(20)16(15)21)23(18(17)19(24)25)12-8-6-5-7-9-12/h5-11H,3-4H2,1-2H3,(H,24,25). The first-order chi connectivity index (χ1) is 12.0. The Labute approximate surface area is 159 Å². The van der Waals surface area contributed by atoms with Crippen molar-refractivity contribution in [3.8, 4) is 5.69 Å². The predicted octanol–water partition coefficient (Wildman–Crippen LogP) is 5.59. The number of aromatic carboxylic acids is 1. The number of rotatable bonds is 5. The van der Waals surface area contributed by atoms with Crippen LogP contribution in [0.3, 0.4) is 0 Å². The molecule has 0 saturated heterocycles. The van der Waals surface area contributed by atoms with Crippen LogP contribution in [0.4, 0.5) is 5.69 Å². The third kappa shape index (κ3) is 2.92. The highest BCUT2D eigenvalue weighted by atomic mass is 79.9. The maximum absolute atomic E-state index is 12.2. The van der Waals surface area contributed by atoms with Crippen LogP contribution in [0.1, 0.15) is 24.3 Å². The van der Waals surface area contributed by atoms with Gasteiger partial charge in [0.15, 0.2) is 5.69 Å². The molecule has 0 fully saturated rings. The molecule has 0 saturated carbocycles. The summed E-state index contributed by atoms with van der Waals surface area (Å²) in [4.78, 5) is 14.2. The highest BCUT2D eigenvalue weighted by molar-refractivity contribution is 9.10. The summed E-state index contributed by atoms with van der Waals surface area (Å²) in [6.45, 7) is 5.39. The molecule has 130 valence electrons. The number of aromatic nitrogens is 1. The fraction of sp³-hybridized carbons (Fsp3) is 0.211. The number of fused-ring (bicyclic) bond motifs is 1. The maximum atomic E-state index is 12.2. The van der Waals surface area contributed by atoms with Gasteiger partial charge in [-0.05, 0) is 54.0 Å². The van der Waals surface area contributed by atoms with Gasteiger partial charge < -0.3 is 14.6 Å². The summed E-state index contributed by atoms with van der Waals surface area (Å²) in [6, 6.07) is 13.2. The zero-order chi connectivity index (χ0) is 18.1. The molecule has 0 aliphatic carbocycles. The number of para-hydroxylation sites is 1. The van der Waals surface area contributed by atoms with Crippen molar-refractivity contribution in [1.29, 1.82) is 0 Å². The Morgan fingerprint density at radius 3 is 2.36 bits per heavy atom. The van der Waals surface area contributed by atoms with Crippen LogP contribution in [0.25, 0.3) is 16.6 Å². The Balaban J connectivity index is 2.53. The summed E-state index contributed by atoms with van der Waals surface area (Å²) in [6.07, 6.45) is 0. The molecule has 0 amide bonds. The SMILES string of the molecule is CCN(CC)c1c(C(=O)O)n(-c2ccccc2)c2ccc(Br)c(Cl)c12. The van der Waals surface area contributed by atoms with Crippen LogP contribution >= 0.6 is 27.5 Å². The van der Waals surface area contributed by atoms with Gasteiger partial charge in [0.2, 0.25) is 0 Å². The van der Waals surface area contributed by atoms with Crippen molar-refractivity contribution < 1.29 is 9.90 Å². The van der Waals surface area contributed by atoms with Gasteiger partial charge in [-0.25, -0.2) is 4.79 Å². The summed E-state index contributed by atoms with van der Waals surface area (Å²) < 4.78 is 2.51. The summed E-state index contributed by atoms with van der Waals surface area (Å²) in [5.41, 5.74) is 2.45. The lowest BCUT2D eigenvalue weighted by molar-refractivity contribution is 0.0689. The third-order valence-electron chi connectivity index (χ3n) is 4.30. The number of carbonyl (C=O) groups is 1. The smallest absolute Gasteiger partial charge is 0.355 e. The molecule has 0 aliphatic heterocycles. The highest BCUT2D eigenvalue weighted by Gasteiger charge is 2.28. The molecule has 3 aromatic rings. The van der Waals surface area contributed by atoms with Crippen molar-refractivity contribution >= 4 is 50.1 Å². The van der Waals surface area contributed by atoms with Gasteiger partial charge in [-0.1, -0.05) is 29.8 Å². The van der Waals surface area contributed by atoms with E-state index in [1.807, 2.05) is 61.2 Å². The van der Waals surface area contributed by atoms with Gasteiger partial charge in [0.25, 0.3) is 0 Å². The first kappa shape index (κ1) is 17.8. The van der Waals surface area contributed by atoms with Crippen molar-refractivity contribution in [3.05, 3.63) is 57.7 Å². The van der Waals surface area contributed by atoms with Crippen molar-refractivity contribution in [1.82, 2.24) is 4.57 Å². The highest BCUT2D eigenvalue weighted by Crippen LogP contribution is 2.43. The zero-order valence-corrected chi connectivity index (χ0v) is 16.3. The monoisotopic (exact) mass is 420 g/mol. The maximum Gasteiger partial charge on any atom is 0.355 e. The van der Waals surface area contributed by atoms with Crippen molar-refractivity contribution in [2.45, 2.75) is 13.8 Å². The molecule has 3 rings (SSSR count). The minimum atomic E-state index is -0.978. The van der Waals surface area contributed by atoms with E-state index < -0.39 is 5.97 Å². The van der Waals surface area contributed by atoms with Gasteiger partial charge in [-0.15, -0.1) is 0 Å². The molecule has 0 aliphatic rings. The van der Waals surface area contributed by atoms with Crippen LogP contribution < -0.4 is 4.90 Å². The molecule has 0 atom stereocenters. The van der Waals surface area contributed by atoms with E-state index in [-0.39, 0.29) is 5.69 Å². The topological polar surface area (TPSA) is 45.5 Å². The van der Waals surface area contributed by atoms with E-state index in [0.717, 1.165) is 21.1 Å². The Morgan fingerprint density at radius 1 is 1.16 bits per heavy atom. The van der Waals surface area contributed by atoms with Crippen LogP contribution in [0.5, 0.6) is 0 Å². The number of hydrogen-bond acceptors (Lipinski definition) is 2. The van der Waals surface area contributed by atoms with Crippen molar-refractivity contribution in [3.63, 3.8) is 0 Å². The van der Waals surface area contributed by atoms with E-state index in [0.29, 0.717) is 23.8 Å². The molecule has 0 unspecified atom stereocenters. The molecule has 6 heteroatoms. The molecule has 2 aromatic carbocycles. The van der Waals surface area contributed by atoms with E-state index in [4.69, 9.17) is 11.6 Å². The average Bonchev–Trinajstić information content (AvgIpc) is 2.96. The van der Waals surface area contributed by atoms with Crippen LogP contribution in [0.15, 0.2) is 46.9 Å². The molecule has 1 N–H and O–H groups in total. The minimum absolute atomic E-state index is 0.227. The molecular formula is C19H18BrClN2O2. The fourth-order valence-corrected chi connectivity index (χ4v) is 3.77. The van der Waals surface area contributed by atoms with Crippen LogP contribution in [0, 0.1) is 0 Å². The average molecular weight is 422 g/mol. The molecule has 1 heterocycles. The first-order valence-electron chi connectivity index (χ1n) is 8.07. The van der Waals surface area contributed by atoms with E-state index in [1.54, 1.807) is 4.57 Å². The van der Waals surface area contributed by atoms with Gasteiger partial charge in [-0.3, -0.25) is 0 Å². The second kappa shape index (κ2) is 7.10. The molecule has 0 radical (unpaired) electrons. The van der Waals surface area contributed by atoms with E-state index in [9.17, 15) is 9.90 Å². The normalized spacial score (nSPS) is 11.0. The summed E-state index contributed by atoms with van der Waals surface area (Å²) in [7, 11) is 0. The van der Waals surface area contributed by atoms with Gasteiger partial charge in [0, 0.05) is 28.6 Å². The minimum Gasteiger partial charge on any atom is -0.476 e. The summed E-state index contributed by atoms with van der Waals surface area (Å²) >= 11 is 10.1. The van der Waals surface area contributed by atoms with Crippen LogP contribution in [0.2, 0.25) is 5.02 Å².